The minimum absolute atomic E-state index is 0.773. The van der Waals surface area contributed by atoms with E-state index in [0.29, 0.717) is 0 Å². The number of nitrogens with zero attached hydrogens (tertiary/aromatic N) is 1. The van der Waals surface area contributed by atoms with Crippen LogP contribution in [0.25, 0.3) is 11.3 Å². The number of benzene rings is 2. The summed E-state index contributed by atoms with van der Waals surface area (Å²) >= 11 is 1.69. The van der Waals surface area contributed by atoms with Crippen LogP contribution in [-0.4, -0.2) is 12.1 Å². The number of anilines is 1. The lowest BCUT2D eigenvalue weighted by atomic mass is 10.1. The van der Waals surface area contributed by atoms with E-state index in [-0.39, 0.29) is 0 Å². The van der Waals surface area contributed by atoms with Crippen LogP contribution in [0.15, 0.2) is 47.8 Å². The Balaban J connectivity index is 1.80. The minimum atomic E-state index is 0.773. The van der Waals surface area contributed by atoms with Crippen LogP contribution < -0.4 is 10.5 Å². The van der Waals surface area contributed by atoms with Crippen LogP contribution >= 0.6 is 11.3 Å². The molecule has 0 bridgehead atoms. The number of rotatable bonds is 5. The molecule has 3 rings (SSSR count). The summed E-state index contributed by atoms with van der Waals surface area (Å²) < 4.78 is 5.39. The number of aryl methyl sites for hydroxylation is 1. The summed E-state index contributed by atoms with van der Waals surface area (Å²) in [6.45, 7) is 2.14. The fraction of sp³-hybridized carbons (Fsp3) is 0.211. The molecule has 0 aliphatic heterocycles. The Morgan fingerprint density at radius 1 is 1.13 bits per heavy atom. The van der Waals surface area contributed by atoms with Gasteiger partial charge in [0.2, 0.25) is 0 Å². The highest BCUT2D eigenvalue weighted by atomic mass is 32.1. The van der Waals surface area contributed by atoms with Crippen molar-refractivity contribution in [3.05, 3.63) is 64.0 Å². The fourth-order valence-corrected chi connectivity index (χ4v) is 3.41. The van der Waals surface area contributed by atoms with Gasteiger partial charge in [0.1, 0.15) is 5.75 Å². The molecule has 2 aromatic carbocycles. The molecule has 1 aromatic heterocycles. The molecule has 0 amide bonds. The van der Waals surface area contributed by atoms with Crippen LogP contribution in [0.3, 0.4) is 0 Å². The fourth-order valence-electron chi connectivity index (χ4n) is 2.57. The Bertz CT molecular complexity index is 793. The van der Waals surface area contributed by atoms with Gasteiger partial charge in [-0.05, 0) is 35.7 Å². The van der Waals surface area contributed by atoms with Crippen molar-refractivity contribution in [3.63, 3.8) is 0 Å². The molecule has 1 heterocycles. The maximum absolute atomic E-state index is 5.74. The Hall–Kier alpha value is -2.33. The number of aromatic nitrogens is 1. The van der Waals surface area contributed by atoms with Gasteiger partial charge < -0.3 is 10.5 Å². The molecule has 0 unspecified atom stereocenters. The largest absolute Gasteiger partial charge is 0.496 e. The molecule has 118 valence electrons. The van der Waals surface area contributed by atoms with E-state index in [2.05, 4.69) is 24.4 Å². The zero-order valence-electron chi connectivity index (χ0n) is 13.4. The van der Waals surface area contributed by atoms with Crippen LogP contribution in [0.5, 0.6) is 5.75 Å². The van der Waals surface area contributed by atoms with E-state index in [1.54, 1.807) is 18.4 Å². The van der Waals surface area contributed by atoms with Gasteiger partial charge in [0.15, 0.2) is 0 Å². The van der Waals surface area contributed by atoms with Crippen molar-refractivity contribution in [3.8, 4) is 17.0 Å². The molecular formula is C19H20N2OS. The standard InChI is InChI=1S/C19H20N2OS/c1-3-14-10-13(4-9-18(14)22-2)11-19-21-17(12-23-19)15-5-7-16(20)8-6-15/h4-10,12H,3,11,20H2,1-2H3. The lowest BCUT2D eigenvalue weighted by Gasteiger charge is -2.08. The highest BCUT2D eigenvalue weighted by Gasteiger charge is 2.08. The number of ether oxygens (including phenoxy) is 1. The van der Waals surface area contributed by atoms with Gasteiger partial charge in [-0.3, -0.25) is 0 Å². The first kappa shape index (κ1) is 15.6. The zero-order valence-corrected chi connectivity index (χ0v) is 14.2. The molecule has 0 saturated heterocycles. The Kier molecular flexibility index (Phi) is 4.63. The average Bonchev–Trinajstić information content (AvgIpc) is 3.04. The second kappa shape index (κ2) is 6.84. The third-order valence-corrected chi connectivity index (χ3v) is 4.69. The lowest BCUT2D eigenvalue weighted by Crippen LogP contribution is -1.94. The number of nitrogens with two attached hydrogens (primary N) is 1. The summed E-state index contributed by atoms with van der Waals surface area (Å²) in [5, 5.41) is 3.22. The SMILES string of the molecule is CCc1cc(Cc2nc(-c3ccc(N)cc3)cs2)ccc1OC. The Labute approximate surface area is 140 Å². The highest BCUT2D eigenvalue weighted by Crippen LogP contribution is 2.26. The van der Waals surface area contributed by atoms with Crippen LogP contribution in [0, 0.1) is 0 Å². The molecule has 0 radical (unpaired) electrons. The van der Waals surface area contributed by atoms with Crippen LogP contribution in [0.2, 0.25) is 0 Å². The van der Waals surface area contributed by atoms with Crippen molar-refractivity contribution in [2.75, 3.05) is 12.8 Å². The quantitative estimate of drug-likeness (QED) is 0.700. The van der Waals surface area contributed by atoms with E-state index in [0.717, 1.165) is 40.5 Å². The molecule has 0 aliphatic rings. The smallest absolute Gasteiger partial charge is 0.122 e. The molecule has 0 atom stereocenters. The lowest BCUT2D eigenvalue weighted by molar-refractivity contribution is 0.410. The summed E-state index contributed by atoms with van der Waals surface area (Å²) in [5.74, 6) is 0.956. The van der Waals surface area contributed by atoms with Gasteiger partial charge in [0.25, 0.3) is 0 Å². The first-order valence-electron chi connectivity index (χ1n) is 7.65. The van der Waals surface area contributed by atoms with Crippen LogP contribution in [0.1, 0.15) is 23.1 Å². The van der Waals surface area contributed by atoms with E-state index in [1.165, 1.54) is 11.1 Å². The van der Waals surface area contributed by atoms with Gasteiger partial charge in [-0.1, -0.05) is 31.2 Å². The molecule has 0 saturated carbocycles. The highest BCUT2D eigenvalue weighted by molar-refractivity contribution is 7.10. The first-order chi connectivity index (χ1) is 11.2. The molecule has 0 aliphatic carbocycles. The molecule has 2 N–H and O–H groups in total. The number of hydrogen-bond donors (Lipinski definition) is 1. The van der Waals surface area contributed by atoms with E-state index in [9.17, 15) is 0 Å². The summed E-state index contributed by atoms with van der Waals surface area (Å²) in [6.07, 6.45) is 1.81. The molecule has 3 aromatic rings. The monoisotopic (exact) mass is 324 g/mol. The van der Waals surface area contributed by atoms with Gasteiger partial charge in [-0.15, -0.1) is 11.3 Å². The van der Waals surface area contributed by atoms with Crippen LogP contribution in [-0.2, 0) is 12.8 Å². The average molecular weight is 324 g/mol. The van der Waals surface area contributed by atoms with Crippen molar-refractivity contribution in [2.24, 2.45) is 0 Å². The van der Waals surface area contributed by atoms with Gasteiger partial charge in [0, 0.05) is 23.1 Å². The number of nitrogen functional groups attached to an aromatic ring is 1. The Morgan fingerprint density at radius 3 is 2.61 bits per heavy atom. The van der Waals surface area contributed by atoms with E-state index >= 15 is 0 Å². The molecule has 23 heavy (non-hydrogen) atoms. The van der Waals surface area contributed by atoms with E-state index in [4.69, 9.17) is 15.5 Å². The zero-order chi connectivity index (χ0) is 16.2. The van der Waals surface area contributed by atoms with Crippen molar-refractivity contribution in [1.82, 2.24) is 4.98 Å². The predicted octanol–water partition coefficient (Wildman–Crippen LogP) is 4.55. The molecule has 4 heteroatoms. The normalized spacial score (nSPS) is 10.7. The molecule has 3 nitrogen and oxygen atoms in total. The number of thiazole rings is 1. The summed E-state index contributed by atoms with van der Waals surface area (Å²) in [4.78, 5) is 4.75. The van der Waals surface area contributed by atoms with Gasteiger partial charge in [-0.2, -0.15) is 0 Å². The number of hydrogen-bond acceptors (Lipinski definition) is 4. The van der Waals surface area contributed by atoms with Gasteiger partial charge in [0.05, 0.1) is 17.8 Å². The Morgan fingerprint density at radius 2 is 1.91 bits per heavy atom. The van der Waals surface area contributed by atoms with E-state index in [1.807, 2.05) is 30.3 Å². The molecule has 0 fully saturated rings. The minimum Gasteiger partial charge on any atom is -0.496 e. The van der Waals surface area contributed by atoms with Crippen molar-refractivity contribution in [1.29, 1.82) is 0 Å². The maximum atomic E-state index is 5.74. The number of methoxy groups -OCH3 is 1. The van der Waals surface area contributed by atoms with Gasteiger partial charge in [-0.25, -0.2) is 4.98 Å². The topological polar surface area (TPSA) is 48.1 Å². The first-order valence-corrected chi connectivity index (χ1v) is 8.53. The third-order valence-electron chi connectivity index (χ3n) is 3.84. The van der Waals surface area contributed by atoms with Crippen LogP contribution in [0.4, 0.5) is 5.69 Å². The summed E-state index contributed by atoms with van der Waals surface area (Å²) in [5.41, 5.74) is 11.1. The second-order valence-electron chi connectivity index (χ2n) is 5.43. The second-order valence-corrected chi connectivity index (χ2v) is 6.37. The van der Waals surface area contributed by atoms with Crippen molar-refractivity contribution >= 4 is 17.0 Å². The predicted molar refractivity (Wildman–Crippen MR) is 97.1 cm³/mol. The summed E-state index contributed by atoms with van der Waals surface area (Å²) in [6, 6.07) is 14.2. The van der Waals surface area contributed by atoms with Crippen molar-refractivity contribution < 1.29 is 4.74 Å². The van der Waals surface area contributed by atoms with Crippen molar-refractivity contribution in [2.45, 2.75) is 19.8 Å². The third kappa shape index (κ3) is 3.54. The molecular weight excluding hydrogens is 304 g/mol. The molecule has 0 spiro atoms. The van der Waals surface area contributed by atoms with E-state index < -0.39 is 0 Å². The maximum Gasteiger partial charge on any atom is 0.122 e. The van der Waals surface area contributed by atoms with Gasteiger partial charge >= 0.3 is 0 Å². The summed E-state index contributed by atoms with van der Waals surface area (Å²) in [7, 11) is 1.72.